The second-order valence-electron chi connectivity index (χ2n) is 8.98. The first-order valence-corrected chi connectivity index (χ1v) is 12.5. The summed E-state index contributed by atoms with van der Waals surface area (Å²) >= 11 is 1.18. The number of methoxy groups -OCH3 is 1. The van der Waals surface area contributed by atoms with Crippen molar-refractivity contribution in [3.05, 3.63) is 88.7 Å². The average Bonchev–Trinajstić information content (AvgIpc) is 3.55. The Labute approximate surface area is 215 Å². The van der Waals surface area contributed by atoms with E-state index in [1.165, 1.54) is 34.4 Å². The number of aliphatic hydroxyl groups excluding tert-OH is 1. The van der Waals surface area contributed by atoms with E-state index in [-0.39, 0.29) is 28.1 Å². The van der Waals surface area contributed by atoms with Crippen LogP contribution in [-0.2, 0) is 16.0 Å². The van der Waals surface area contributed by atoms with Crippen LogP contribution in [0.1, 0.15) is 29.7 Å². The molecule has 7 nitrogen and oxygen atoms in total. The minimum atomic E-state index is -1.20. The van der Waals surface area contributed by atoms with Crippen LogP contribution in [-0.4, -0.2) is 35.0 Å². The first-order valence-electron chi connectivity index (χ1n) is 11.7. The number of halogens is 1. The van der Waals surface area contributed by atoms with E-state index in [1.54, 1.807) is 49.6 Å². The molecule has 0 bridgehead atoms. The summed E-state index contributed by atoms with van der Waals surface area (Å²) in [7, 11) is 1.55. The number of nitrogens with zero attached hydrogens (tertiary/aromatic N) is 2. The van der Waals surface area contributed by atoms with Crippen LogP contribution < -0.4 is 14.4 Å². The molecule has 1 amide bonds. The van der Waals surface area contributed by atoms with Gasteiger partial charge in [-0.1, -0.05) is 29.5 Å². The van der Waals surface area contributed by atoms with Gasteiger partial charge in [0.1, 0.15) is 35.2 Å². The number of hydrogen-bond donors (Lipinski definition) is 1. The van der Waals surface area contributed by atoms with Gasteiger partial charge in [-0.05, 0) is 55.0 Å². The monoisotopic (exact) mass is 516 g/mol. The van der Waals surface area contributed by atoms with Crippen molar-refractivity contribution in [1.29, 1.82) is 0 Å². The SMILES string of the molecule is COc1ccc2nc(N3C(=O)C(=O)/C(=C(/O)c4ccc5c(c4)C[C@H](C)O5)[C@@H]3c3ccccc3F)sc2c1. The number of ether oxygens (including phenoxy) is 2. The summed E-state index contributed by atoms with van der Waals surface area (Å²) in [4.78, 5) is 32.5. The molecule has 4 aromatic rings. The molecule has 2 aliphatic heterocycles. The van der Waals surface area contributed by atoms with Crippen molar-refractivity contribution >= 4 is 44.1 Å². The van der Waals surface area contributed by atoms with Gasteiger partial charge in [0.2, 0.25) is 0 Å². The first-order chi connectivity index (χ1) is 17.9. The molecule has 1 N–H and O–H groups in total. The molecule has 0 aliphatic carbocycles. The second-order valence-corrected chi connectivity index (χ2v) is 9.98. The van der Waals surface area contributed by atoms with Crippen molar-refractivity contribution in [2.45, 2.75) is 25.5 Å². The van der Waals surface area contributed by atoms with Crippen LogP contribution in [0.25, 0.3) is 16.0 Å². The Kier molecular flexibility index (Phi) is 5.45. The van der Waals surface area contributed by atoms with Gasteiger partial charge in [-0.25, -0.2) is 9.37 Å². The lowest BCUT2D eigenvalue weighted by atomic mass is 9.94. The van der Waals surface area contributed by atoms with Gasteiger partial charge in [0, 0.05) is 17.5 Å². The van der Waals surface area contributed by atoms with E-state index < -0.39 is 23.5 Å². The molecular formula is C28H21FN2O5S. The van der Waals surface area contributed by atoms with Crippen LogP contribution in [0.4, 0.5) is 9.52 Å². The topological polar surface area (TPSA) is 89.0 Å². The zero-order valence-corrected chi connectivity index (χ0v) is 20.7. The van der Waals surface area contributed by atoms with E-state index in [9.17, 15) is 14.7 Å². The summed E-state index contributed by atoms with van der Waals surface area (Å²) in [6.45, 7) is 1.94. The standard InChI is InChI=1S/C28H21FN2O5S/c1-14-11-16-12-15(7-10-21(16)36-14)25(32)23-24(18-5-3-4-6-19(18)29)31(27(34)26(23)33)28-30-20-9-8-17(35-2)13-22(20)37-28/h3-10,12-14,24,32H,11H2,1-2H3/b25-23+/t14-,24-/m0/s1. The quantitative estimate of drug-likeness (QED) is 0.222. The molecular weight excluding hydrogens is 495 g/mol. The molecule has 1 fully saturated rings. The fourth-order valence-electron chi connectivity index (χ4n) is 4.87. The fraction of sp³-hybridized carbons (Fsp3) is 0.179. The Morgan fingerprint density at radius 2 is 1.97 bits per heavy atom. The third-order valence-electron chi connectivity index (χ3n) is 6.60. The number of carbonyl (C=O) groups is 2. The van der Waals surface area contributed by atoms with Crippen LogP contribution in [0, 0.1) is 5.82 Å². The van der Waals surface area contributed by atoms with E-state index in [0.29, 0.717) is 29.0 Å². The van der Waals surface area contributed by atoms with Crippen LogP contribution in [0.3, 0.4) is 0 Å². The Hall–Kier alpha value is -4.24. The van der Waals surface area contributed by atoms with Crippen molar-refractivity contribution in [1.82, 2.24) is 4.98 Å². The van der Waals surface area contributed by atoms with Crippen LogP contribution in [0.15, 0.2) is 66.2 Å². The van der Waals surface area contributed by atoms with Gasteiger partial charge < -0.3 is 14.6 Å². The lowest BCUT2D eigenvalue weighted by Gasteiger charge is -2.23. The Morgan fingerprint density at radius 1 is 1.16 bits per heavy atom. The molecule has 2 aliphatic rings. The normalized spacial score (nSPS) is 20.4. The molecule has 2 atom stereocenters. The summed E-state index contributed by atoms with van der Waals surface area (Å²) in [5, 5.41) is 11.6. The molecule has 37 heavy (non-hydrogen) atoms. The number of anilines is 1. The molecule has 0 spiro atoms. The second kappa shape index (κ2) is 8.70. The van der Waals surface area contributed by atoms with Crippen molar-refractivity contribution in [2.75, 3.05) is 12.0 Å². The lowest BCUT2D eigenvalue weighted by molar-refractivity contribution is -0.132. The maximum absolute atomic E-state index is 15.1. The number of aliphatic hydroxyl groups is 1. The van der Waals surface area contributed by atoms with Crippen molar-refractivity contribution in [2.24, 2.45) is 0 Å². The van der Waals surface area contributed by atoms with Crippen LogP contribution in [0.2, 0.25) is 0 Å². The van der Waals surface area contributed by atoms with E-state index in [1.807, 2.05) is 6.92 Å². The molecule has 186 valence electrons. The highest BCUT2D eigenvalue weighted by Gasteiger charge is 2.49. The first kappa shape index (κ1) is 23.2. The third kappa shape index (κ3) is 3.74. The third-order valence-corrected chi connectivity index (χ3v) is 7.62. The molecule has 0 unspecified atom stereocenters. The Balaban J connectivity index is 1.54. The molecule has 0 saturated carbocycles. The Bertz CT molecular complexity index is 1630. The summed E-state index contributed by atoms with van der Waals surface area (Å²) in [5.74, 6) is -1.46. The molecule has 3 aromatic carbocycles. The number of benzene rings is 3. The zero-order valence-electron chi connectivity index (χ0n) is 19.9. The maximum Gasteiger partial charge on any atom is 0.301 e. The highest BCUT2D eigenvalue weighted by Crippen LogP contribution is 2.45. The predicted octanol–water partition coefficient (Wildman–Crippen LogP) is 5.39. The summed E-state index contributed by atoms with van der Waals surface area (Å²) in [6, 6.07) is 15.1. The number of fused-ring (bicyclic) bond motifs is 2. The fourth-order valence-corrected chi connectivity index (χ4v) is 5.89. The van der Waals surface area contributed by atoms with Crippen LogP contribution in [0.5, 0.6) is 11.5 Å². The van der Waals surface area contributed by atoms with E-state index in [4.69, 9.17) is 9.47 Å². The van der Waals surface area contributed by atoms with Gasteiger partial charge in [0.15, 0.2) is 5.13 Å². The number of carbonyl (C=O) groups excluding carboxylic acids is 2. The minimum absolute atomic E-state index is 0.00551. The number of Topliss-reactive ketones (excluding diaryl/α,β-unsaturated/α-hetero) is 1. The molecule has 9 heteroatoms. The largest absolute Gasteiger partial charge is 0.507 e. The molecule has 0 radical (unpaired) electrons. The van der Waals surface area contributed by atoms with Crippen molar-refractivity contribution < 1.29 is 28.6 Å². The predicted molar refractivity (Wildman–Crippen MR) is 138 cm³/mol. The van der Waals surface area contributed by atoms with Gasteiger partial charge in [0.25, 0.3) is 5.78 Å². The molecule has 1 aromatic heterocycles. The van der Waals surface area contributed by atoms with Gasteiger partial charge >= 0.3 is 5.91 Å². The highest BCUT2D eigenvalue weighted by atomic mass is 32.1. The average molecular weight is 517 g/mol. The number of rotatable bonds is 4. The van der Waals surface area contributed by atoms with Gasteiger partial charge in [-0.3, -0.25) is 14.5 Å². The minimum Gasteiger partial charge on any atom is -0.507 e. The number of thiazole rings is 1. The zero-order chi connectivity index (χ0) is 25.8. The maximum atomic E-state index is 15.1. The van der Waals surface area contributed by atoms with Crippen molar-refractivity contribution in [3.63, 3.8) is 0 Å². The van der Waals surface area contributed by atoms with E-state index in [2.05, 4.69) is 4.98 Å². The summed E-state index contributed by atoms with van der Waals surface area (Å²) < 4.78 is 26.9. The van der Waals surface area contributed by atoms with Crippen LogP contribution >= 0.6 is 11.3 Å². The number of hydrogen-bond acceptors (Lipinski definition) is 7. The highest BCUT2D eigenvalue weighted by molar-refractivity contribution is 7.22. The number of amides is 1. The number of ketones is 1. The molecule has 1 saturated heterocycles. The van der Waals surface area contributed by atoms with Gasteiger partial charge in [-0.15, -0.1) is 0 Å². The summed E-state index contributed by atoms with van der Waals surface area (Å²) in [5.41, 5.74) is 1.72. The van der Waals surface area contributed by atoms with Crippen molar-refractivity contribution in [3.8, 4) is 11.5 Å². The Morgan fingerprint density at radius 3 is 2.76 bits per heavy atom. The lowest BCUT2D eigenvalue weighted by Crippen LogP contribution is -2.29. The molecule has 6 rings (SSSR count). The van der Waals surface area contributed by atoms with E-state index in [0.717, 1.165) is 10.3 Å². The van der Waals surface area contributed by atoms with E-state index >= 15 is 4.39 Å². The smallest absolute Gasteiger partial charge is 0.301 e. The summed E-state index contributed by atoms with van der Waals surface area (Å²) in [6.07, 6.45) is 0.644. The van der Waals surface area contributed by atoms with Gasteiger partial charge in [0.05, 0.1) is 22.9 Å². The van der Waals surface area contributed by atoms with Gasteiger partial charge in [-0.2, -0.15) is 0 Å². The number of aromatic nitrogens is 1. The molecule has 3 heterocycles.